The average Bonchev–Trinajstić information content (AvgIpc) is 2.31. The summed E-state index contributed by atoms with van der Waals surface area (Å²) >= 11 is 5.92. The van der Waals surface area contributed by atoms with Crippen LogP contribution in [-0.2, 0) is 4.74 Å². The van der Waals surface area contributed by atoms with Gasteiger partial charge in [-0.1, -0.05) is 11.6 Å². The van der Waals surface area contributed by atoms with Gasteiger partial charge in [0.1, 0.15) is 5.60 Å². The molecule has 0 fully saturated rings. The van der Waals surface area contributed by atoms with Crippen molar-refractivity contribution in [2.45, 2.75) is 38.7 Å². The molecule has 7 heteroatoms. The van der Waals surface area contributed by atoms with Crippen LogP contribution in [0.3, 0.4) is 0 Å². The molecule has 0 aromatic heterocycles. The normalized spacial score (nSPS) is 13.1. The number of anilines is 1. The van der Waals surface area contributed by atoms with Crippen LogP contribution in [0.15, 0.2) is 18.2 Å². The molecule has 0 heterocycles. The van der Waals surface area contributed by atoms with Gasteiger partial charge in [-0.2, -0.15) is 0 Å². The largest absolute Gasteiger partial charge is 0.444 e. The highest BCUT2D eigenvalue weighted by molar-refractivity contribution is 6.31. The number of amides is 1. The predicted octanol–water partition coefficient (Wildman–Crippen LogP) is 3.99. The van der Waals surface area contributed by atoms with E-state index in [1.54, 1.807) is 20.8 Å². The highest BCUT2D eigenvalue weighted by Crippen LogP contribution is 2.31. The summed E-state index contributed by atoms with van der Waals surface area (Å²) < 4.78 is 31.0. The Morgan fingerprint density at radius 2 is 2.05 bits per heavy atom. The minimum absolute atomic E-state index is 0.181. The first-order valence-corrected chi connectivity index (χ1v) is 6.79. The molecule has 0 radical (unpaired) electrons. The summed E-state index contributed by atoms with van der Waals surface area (Å²) in [7, 11) is 0. The van der Waals surface area contributed by atoms with Gasteiger partial charge in [-0.3, -0.25) is 5.32 Å². The van der Waals surface area contributed by atoms with Crippen molar-refractivity contribution < 1.29 is 18.3 Å². The molecule has 0 aliphatic carbocycles. The number of hydrogen-bond donors (Lipinski definition) is 2. The molecule has 118 valence electrons. The first-order valence-electron chi connectivity index (χ1n) is 6.41. The number of ether oxygens (including phenoxy) is 1. The Bertz CT molecular complexity index is 504. The molecule has 0 saturated carbocycles. The fourth-order valence-electron chi connectivity index (χ4n) is 1.69. The molecule has 0 aliphatic heterocycles. The number of halogens is 3. The molecule has 3 N–H and O–H groups in total. The van der Waals surface area contributed by atoms with Crippen LogP contribution in [0.25, 0.3) is 0 Å². The molecule has 4 nitrogen and oxygen atoms in total. The van der Waals surface area contributed by atoms with Crippen LogP contribution in [0.1, 0.15) is 32.3 Å². The number of hydrogen-bond acceptors (Lipinski definition) is 3. The smallest absolute Gasteiger partial charge is 0.412 e. The van der Waals surface area contributed by atoms with Crippen LogP contribution in [-0.4, -0.2) is 24.7 Å². The second-order valence-electron chi connectivity index (χ2n) is 5.54. The lowest BCUT2D eigenvalue weighted by Gasteiger charge is -2.20. The Kier molecular flexibility index (Phi) is 5.92. The maximum atomic E-state index is 12.9. The third-order valence-corrected chi connectivity index (χ3v) is 2.94. The van der Waals surface area contributed by atoms with Gasteiger partial charge < -0.3 is 10.5 Å². The van der Waals surface area contributed by atoms with E-state index < -0.39 is 24.0 Å². The molecular weight excluding hydrogens is 302 g/mol. The molecule has 1 aromatic rings. The van der Waals surface area contributed by atoms with Gasteiger partial charge in [0.2, 0.25) is 6.43 Å². The topological polar surface area (TPSA) is 64.3 Å². The van der Waals surface area contributed by atoms with Gasteiger partial charge >= 0.3 is 6.09 Å². The Morgan fingerprint density at radius 3 is 2.52 bits per heavy atom. The van der Waals surface area contributed by atoms with E-state index in [-0.39, 0.29) is 17.1 Å². The van der Waals surface area contributed by atoms with E-state index in [0.717, 1.165) is 0 Å². The monoisotopic (exact) mass is 320 g/mol. The van der Waals surface area contributed by atoms with Crippen LogP contribution >= 0.6 is 11.6 Å². The minimum Gasteiger partial charge on any atom is -0.444 e. The van der Waals surface area contributed by atoms with Crippen molar-refractivity contribution in [3.8, 4) is 0 Å². The second kappa shape index (κ2) is 7.04. The van der Waals surface area contributed by atoms with E-state index in [1.807, 2.05) is 0 Å². The SMILES string of the molecule is CC(C)(C)OC(=O)Nc1ccc(Cl)c(C(CN)C(F)F)c1. The number of nitrogens with one attached hydrogen (secondary N) is 1. The minimum atomic E-state index is -2.63. The Labute approximate surface area is 127 Å². The maximum Gasteiger partial charge on any atom is 0.412 e. The summed E-state index contributed by atoms with van der Waals surface area (Å²) in [6.07, 6.45) is -3.30. The van der Waals surface area contributed by atoms with Gasteiger partial charge in [-0.15, -0.1) is 0 Å². The first-order chi connectivity index (χ1) is 9.64. The van der Waals surface area contributed by atoms with Crippen LogP contribution in [0, 0.1) is 0 Å². The zero-order chi connectivity index (χ0) is 16.2. The number of nitrogens with two attached hydrogens (primary N) is 1. The van der Waals surface area contributed by atoms with E-state index in [9.17, 15) is 13.6 Å². The highest BCUT2D eigenvalue weighted by atomic mass is 35.5. The molecule has 1 aromatic carbocycles. The van der Waals surface area contributed by atoms with Crippen molar-refractivity contribution >= 4 is 23.4 Å². The summed E-state index contributed by atoms with van der Waals surface area (Å²) in [5.41, 5.74) is 5.23. The number of rotatable bonds is 4. The van der Waals surface area contributed by atoms with E-state index in [1.165, 1.54) is 18.2 Å². The zero-order valence-corrected chi connectivity index (χ0v) is 12.9. The van der Waals surface area contributed by atoms with Crippen molar-refractivity contribution in [2.24, 2.45) is 5.73 Å². The lowest BCUT2D eigenvalue weighted by molar-refractivity contribution is 0.0636. The third kappa shape index (κ3) is 5.47. The van der Waals surface area contributed by atoms with E-state index >= 15 is 0 Å². The number of alkyl halides is 2. The van der Waals surface area contributed by atoms with Gasteiger partial charge in [-0.25, -0.2) is 13.6 Å². The summed E-state index contributed by atoms with van der Waals surface area (Å²) in [6, 6.07) is 4.33. The molecule has 1 amide bonds. The zero-order valence-electron chi connectivity index (χ0n) is 12.1. The standard InChI is InChI=1S/C14H19ClF2N2O2/c1-14(2,3)21-13(20)19-8-4-5-11(15)9(6-8)10(7-18)12(16)17/h4-6,10,12H,7,18H2,1-3H3,(H,19,20). The summed E-state index contributed by atoms with van der Waals surface area (Å²) in [6.45, 7) is 4.93. The van der Waals surface area contributed by atoms with Crippen molar-refractivity contribution in [1.29, 1.82) is 0 Å². The van der Waals surface area contributed by atoms with Crippen LogP contribution < -0.4 is 11.1 Å². The molecule has 1 unspecified atom stereocenters. The van der Waals surface area contributed by atoms with Gasteiger partial charge in [0.25, 0.3) is 0 Å². The van der Waals surface area contributed by atoms with Gasteiger partial charge in [0, 0.05) is 17.3 Å². The van der Waals surface area contributed by atoms with Crippen molar-refractivity contribution in [3.05, 3.63) is 28.8 Å². The Hall–Kier alpha value is -1.40. The van der Waals surface area contributed by atoms with E-state index in [4.69, 9.17) is 22.1 Å². The molecule has 1 rings (SSSR count). The first kappa shape index (κ1) is 17.7. The predicted molar refractivity (Wildman–Crippen MR) is 79.1 cm³/mol. The number of benzene rings is 1. The fourth-order valence-corrected chi connectivity index (χ4v) is 1.95. The van der Waals surface area contributed by atoms with E-state index in [0.29, 0.717) is 5.69 Å². The number of carbonyl (C=O) groups is 1. The Balaban J connectivity index is 2.94. The molecule has 21 heavy (non-hydrogen) atoms. The Morgan fingerprint density at radius 1 is 1.43 bits per heavy atom. The summed E-state index contributed by atoms with van der Waals surface area (Å²) in [4.78, 5) is 11.7. The number of carbonyl (C=O) groups excluding carboxylic acids is 1. The van der Waals surface area contributed by atoms with Gasteiger partial charge in [0.05, 0.1) is 5.92 Å². The van der Waals surface area contributed by atoms with E-state index in [2.05, 4.69) is 5.32 Å². The average molecular weight is 321 g/mol. The van der Waals surface area contributed by atoms with Crippen molar-refractivity contribution in [2.75, 3.05) is 11.9 Å². The van der Waals surface area contributed by atoms with Gasteiger partial charge in [0.15, 0.2) is 0 Å². The maximum absolute atomic E-state index is 12.9. The summed E-state index contributed by atoms with van der Waals surface area (Å²) in [5, 5.41) is 2.66. The molecular formula is C14H19ClF2N2O2. The quantitative estimate of drug-likeness (QED) is 0.881. The lowest BCUT2D eigenvalue weighted by Crippen LogP contribution is -2.27. The van der Waals surface area contributed by atoms with Crippen LogP contribution in [0.5, 0.6) is 0 Å². The van der Waals surface area contributed by atoms with Gasteiger partial charge in [-0.05, 0) is 44.5 Å². The molecule has 0 aliphatic rings. The molecule has 0 saturated heterocycles. The van der Waals surface area contributed by atoms with Crippen molar-refractivity contribution in [1.82, 2.24) is 0 Å². The van der Waals surface area contributed by atoms with Crippen LogP contribution in [0.2, 0.25) is 5.02 Å². The highest BCUT2D eigenvalue weighted by Gasteiger charge is 2.24. The molecule has 0 bridgehead atoms. The second-order valence-corrected chi connectivity index (χ2v) is 5.95. The van der Waals surface area contributed by atoms with Crippen LogP contribution in [0.4, 0.5) is 19.3 Å². The molecule has 1 atom stereocenters. The summed E-state index contributed by atoms with van der Waals surface area (Å²) in [5.74, 6) is -1.18. The fraction of sp³-hybridized carbons (Fsp3) is 0.500. The third-order valence-electron chi connectivity index (χ3n) is 2.60. The van der Waals surface area contributed by atoms with Crippen molar-refractivity contribution in [3.63, 3.8) is 0 Å². The molecule has 0 spiro atoms. The lowest BCUT2D eigenvalue weighted by atomic mass is 9.99.